The van der Waals surface area contributed by atoms with Crippen molar-refractivity contribution in [2.75, 3.05) is 19.9 Å². The second-order valence-electron chi connectivity index (χ2n) is 6.39. The molecule has 5 nitrogen and oxygen atoms in total. The van der Waals surface area contributed by atoms with Gasteiger partial charge in [-0.2, -0.15) is 8.78 Å². The standard InChI is InChI=1S/C20H23F4N3O2/c21-8-1-9-25-12-16-7-6-15(11-26-16)13-2-4-14(5-3-13)18(28)17(10-22)27-20(29)19(23)24/h2-7,11,17-19,25,28H,1,8-10,12H2,(H,27,29). The number of nitrogens with one attached hydrogen (secondary N) is 2. The van der Waals surface area contributed by atoms with E-state index in [1.807, 2.05) is 12.1 Å². The van der Waals surface area contributed by atoms with E-state index in [-0.39, 0.29) is 12.2 Å². The molecule has 1 aromatic carbocycles. The van der Waals surface area contributed by atoms with Crippen LogP contribution in [-0.4, -0.2) is 48.4 Å². The Bertz CT molecular complexity index is 757. The average molecular weight is 413 g/mol. The van der Waals surface area contributed by atoms with Gasteiger partial charge in [-0.3, -0.25) is 14.2 Å². The van der Waals surface area contributed by atoms with E-state index in [4.69, 9.17) is 0 Å². The normalized spacial score (nSPS) is 13.3. The van der Waals surface area contributed by atoms with Crippen LogP contribution in [-0.2, 0) is 11.3 Å². The lowest BCUT2D eigenvalue weighted by Crippen LogP contribution is -2.43. The molecule has 3 N–H and O–H groups in total. The molecule has 0 spiro atoms. The zero-order valence-electron chi connectivity index (χ0n) is 15.6. The Kier molecular flexibility index (Phi) is 9.01. The number of amides is 1. The van der Waals surface area contributed by atoms with Crippen molar-refractivity contribution in [3.05, 3.63) is 53.9 Å². The number of pyridine rings is 1. The zero-order valence-corrected chi connectivity index (χ0v) is 15.6. The van der Waals surface area contributed by atoms with Gasteiger partial charge in [0.25, 0.3) is 5.91 Å². The summed E-state index contributed by atoms with van der Waals surface area (Å²) in [6.45, 7) is -0.456. The van der Waals surface area contributed by atoms with Crippen molar-refractivity contribution in [2.24, 2.45) is 0 Å². The molecule has 0 aliphatic rings. The number of halogens is 4. The van der Waals surface area contributed by atoms with Crippen LogP contribution in [0.2, 0.25) is 0 Å². The van der Waals surface area contributed by atoms with Gasteiger partial charge >= 0.3 is 6.43 Å². The number of aliphatic hydroxyl groups excluding tert-OH is 1. The van der Waals surface area contributed by atoms with Crippen molar-refractivity contribution in [1.82, 2.24) is 15.6 Å². The van der Waals surface area contributed by atoms with Gasteiger partial charge in [0.2, 0.25) is 0 Å². The summed E-state index contributed by atoms with van der Waals surface area (Å²) in [5.74, 6) is -1.63. The predicted octanol–water partition coefficient (Wildman–Crippen LogP) is 2.95. The minimum Gasteiger partial charge on any atom is -0.386 e. The fraction of sp³-hybridized carbons (Fsp3) is 0.400. The highest BCUT2D eigenvalue weighted by atomic mass is 19.3. The summed E-state index contributed by atoms with van der Waals surface area (Å²) in [6, 6.07) is 8.65. The third-order valence-electron chi connectivity index (χ3n) is 4.28. The lowest BCUT2D eigenvalue weighted by Gasteiger charge is -2.22. The zero-order chi connectivity index (χ0) is 21.2. The number of hydrogen-bond donors (Lipinski definition) is 3. The molecule has 0 aliphatic carbocycles. The average Bonchev–Trinajstić information content (AvgIpc) is 2.75. The number of hydrogen-bond acceptors (Lipinski definition) is 4. The Balaban J connectivity index is 2.00. The molecule has 158 valence electrons. The minimum atomic E-state index is -3.28. The number of nitrogens with zero attached hydrogens (tertiary/aromatic N) is 1. The van der Waals surface area contributed by atoms with Crippen LogP contribution in [0.5, 0.6) is 0 Å². The summed E-state index contributed by atoms with van der Waals surface area (Å²) >= 11 is 0. The van der Waals surface area contributed by atoms with Crippen LogP contribution in [0, 0.1) is 0 Å². The third kappa shape index (κ3) is 6.79. The molecule has 0 saturated heterocycles. The maximum atomic E-state index is 13.1. The van der Waals surface area contributed by atoms with Crippen molar-refractivity contribution >= 4 is 5.91 Å². The van der Waals surface area contributed by atoms with Crippen LogP contribution < -0.4 is 10.6 Å². The Hall–Kier alpha value is -2.52. The summed E-state index contributed by atoms with van der Waals surface area (Å²) < 4.78 is 49.8. The first-order valence-electron chi connectivity index (χ1n) is 9.10. The van der Waals surface area contributed by atoms with Gasteiger partial charge in [0.15, 0.2) is 0 Å². The van der Waals surface area contributed by atoms with Gasteiger partial charge in [-0.25, -0.2) is 4.39 Å². The molecule has 0 aliphatic heterocycles. The number of rotatable bonds is 11. The van der Waals surface area contributed by atoms with Crippen LogP contribution in [0.1, 0.15) is 23.8 Å². The van der Waals surface area contributed by atoms with Crippen molar-refractivity contribution in [1.29, 1.82) is 0 Å². The number of carbonyl (C=O) groups excluding carboxylic acids is 1. The highest BCUT2D eigenvalue weighted by Crippen LogP contribution is 2.23. The van der Waals surface area contributed by atoms with Crippen molar-refractivity contribution in [3.8, 4) is 11.1 Å². The summed E-state index contributed by atoms with van der Waals surface area (Å²) in [5, 5.41) is 15.1. The quantitative estimate of drug-likeness (QED) is 0.391. The van der Waals surface area contributed by atoms with E-state index in [1.165, 1.54) is 12.1 Å². The van der Waals surface area contributed by atoms with E-state index in [1.54, 1.807) is 23.6 Å². The highest BCUT2D eigenvalue weighted by molar-refractivity contribution is 5.79. The first kappa shape index (κ1) is 22.8. The molecule has 1 amide bonds. The molecule has 2 unspecified atom stereocenters. The van der Waals surface area contributed by atoms with E-state index in [9.17, 15) is 27.5 Å². The van der Waals surface area contributed by atoms with Crippen LogP contribution in [0.3, 0.4) is 0 Å². The maximum Gasteiger partial charge on any atom is 0.315 e. The topological polar surface area (TPSA) is 74.2 Å². The lowest BCUT2D eigenvalue weighted by atomic mass is 9.99. The molecule has 9 heteroatoms. The molecule has 0 fully saturated rings. The van der Waals surface area contributed by atoms with Gasteiger partial charge in [0.1, 0.15) is 12.8 Å². The number of aliphatic hydroxyl groups is 1. The van der Waals surface area contributed by atoms with Gasteiger partial charge in [0.05, 0.1) is 18.4 Å². The van der Waals surface area contributed by atoms with Gasteiger partial charge in [-0.1, -0.05) is 30.3 Å². The lowest BCUT2D eigenvalue weighted by molar-refractivity contribution is -0.133. The molecule has 1 aromatic heterocycles. The summed E-state index contributed by atoms with van der Waals surface area (Å²) in [6.07, 6.45) is -2.63. The van der Waals surface area contributed by atoms with Gasteiger partial charge in [-0.05, 0) is 30.2 Å². The molecule has 29 heavy (non-hydrogen) atoms. The van der Waals surface area contributed by atoms with E-state index in [2.05, 4.69) is 10.3 Å². The first-order valence-corrected chi connectivity index (χ1v) is 9.10. The molecule has 0 radical (unpaired) electrons. The fourth-order valence-electron chi connectivity index (χ4n) is 2.66. The van der Waals surface area contributed by atoms with Crippen LogP contribution in [0.4, 0.5) is 17.6 Å². The molecule has 1 heterocycles. The van der Waals surface area contributed by atoms with Crippen molar-refractivity contribution < 1.29 is 27.5 Å². The molecule has 0 saturated carbocycles. The molecular formula is C20H23F4N3O2. The van der Waals surface area contributed by atoms with Crippen molar-refractivity contribution in [3.63, 3.8) is 0 Å². The summed E-state index contributed by atoms with van der Waals surface area (Å²) in [7, 11) is 0. The molecule has 0 bridgehead atoms. The Morgan fingerprint density at radius 3 is 2.31 bits per heavy atom. The van der Waals surface area contributed by atoms with Gasteiger partial charge in [0, 0.05) is 18.3 Å². The van der Waals surface area contributed by atoms with Crippen LogP contribution >= 0.6 is 0 Å². The Morgan fingerprint density at radius 2 is 1.76 bits per heavy atom. The monoisotopic (exact) mass is 413 g/mol. The number of carbonyl (C=O) groups is 1. The highest BCUT2D eigenvalue weighted by Gasteiger charge is 2.26. The molecular weight excluding hydrogens is 390 g/mol. The Morgan fingerprint density at radius 1 is 1.07 bits per heavy atom. The number of aromatic nitrogens is 1. The van der Waals surface area contributed by atoms with E-state index >= 15 is 0 Å². The maximum absolute atomic E-state index is 13.1. The smallest absolute Gasteiger partial charge is 0.315 e. The second kappa shape index (κ2) is 11.5. The van der Waals surface area contributed by atoms with Crippen molar-refractivity contribution in [2.45, 2.75) is 31.5 Å². The molecule has 2 aromatic rings. The van der Waals surface area contributed by atoms with E-state index < -0.39 is 31.2 Å². The van der Waals surface area contributed by atoms with E-state index in [0.29, 0.717) is 19.5 Å². The van der Waals surface area contributed by atoms with Crippen LogP contribution in [0.25, 0.3) is 11.1 Å². The first-order chi connectivity index (χ1) is 14.0. The molecule has 2 rings (SSSR count). The van der Waals surface area contributed by atoms with E-state index in [0.717, 1.165) is 16.8 Å². The molecule has 2 atom stereocenters. The third-order valence-corrected chi connectivity index (χ3v) is 4.28. The van der Waals surface area contributed by atoms with Crippen LogP contribution in [0.15, 0.2) is 42.6 Å². The Labute approximate surface area is 166 Å². The largest absolute Gasteiger partial charge is 0.386 e. The fourth-order valence-corrected chi connectivity index (χ4v) is 2.66. The summed E-state index contributed by atoms with van der Waals surface area (Å²) in [5.41, 5.74) is 2.69. The second-order valence-corrected chi connectivity index (χ2v) is 6.39. The predicted molar refractivity (Wildman–Crippen MR) is 101 cm³/mol. The summed E-state index contributed by atoms with van der Waals surface area (Å²) in [4.78, 5) is 15.4. The SMILES string of the molecule is O=C(NC(CF)C(O)c1ccc(-c2ccc(CNCCCF)nc2)cc1)C(F)F. The number of alkyl halides is 4. The van der Waals surface area contributed by atoms with Gasteiger partial charge in [-0.15, -0.1) is 0 Å². The minimum absolute atomic E-state index is 0.285. The number of benzene rings is 1. The van der Waals surface area contributed by atoms with Gasteiger partial charge < -0.3 is 15.7 Å².